The lowest BCUT2D eigenvalue weighted by atomic mass is 10.1. The first-order valence-corrected chi connectivity index (χ1v) is 8.69. The number of halogens is 1. The number of carboxylic acids is 1. The highest BCUT2D eigenvalue weighted by Crippen LogP contribution is 2.32. The van der Waals surface area contributed by atoms with Crippen LogP contribution in [0.2, 0.25) is 0 Å². The average Bonchev–Trinajstić information content (AvgIpc) is 3.01. The first kappa shape index (κ1) is 16.6. The van der Waals surface area contributed by atoms with Crippen LogP contribution in [-0.2, 0) is 6.54 Å². The Balaban J connectivity index is 1.88. The van der Waals surface area contributed by atoms with Crippen LogP contribution >= 0.6 is 0 Å². The summed E-state index contributed by atoms with van der Waals surface area (Å²) in [5, 5.41) is 13.7. The first-order valence-electron chi connectivity index (χ1n) is 8.69. The fraction of sp³-hybridized carbons (Fsp3) is 0.250. The van der Waals surface area contributed by atoms with Gasteiger partial charge in [-0.1, -0.05) is 30.3 Å². The molecule has 6 heteroatoms. The number of hydrogen-bond donors (Lipinski definition) is 2. The van der Waals surface area contributed by atoms with E-state index in [1.54, 1.807) is 10.6 Å². The van der Waals surface area contributed by atoms with E-state index in [0.29, 0.717) is 12.1 Å². The number of fused-ring (bicyclic) bond motifs is 1. The molecular formula is C20H20FN3O2. The van der Waals surface area contributed by atoms with E-state index in [-0.39, 0.29) is 11.5 Å². The Labute approximate surface area is 150 Å². The maximum atomic E-state index is 14.4. The number of aromatic nitrogens is 1. The summed E-state index contributed by atoms with van der Waals surface area (Å²) in [6.45, 7) is 3.58. The van der Waals surface area contributed by atoms with Crippen molar-refractivity contribution >= 4 is 22.6 Å². The van der Waals surface area contributed by atoms with Gasteiger partial charge in [0, 0.05) is 43.8 Å². The van der Waals surface area contributed by atoms with Crippen LogP contribution in [0.4, 0.5) is 10.1 Å². The van der Waals surface area contributed by atoms with Crippen molar-refractivity contribution in [2.75, 3.05) is 31.1 Å². The Morgan fingerprint density at radius 1 is 1.12 bits per heavy atom. The summed E-state index contributed by atoms with van der Waals surface area (Å²) in [7, 11) is 0. The van der Waals surface area contributed by atoms with E-state index in [4.69, 9.17) is 0 Å². The van der Waals surface area contributed by atoms with Gasteiger partial charge in [0.2, 0.25) is 0 Å². The molecule has 1 fully saturated rings. The Morgan fingerprint density at radius 3 is 2.54 bits per heavy atom. The minimum absolute atomic E-state index is 0.172. The van der Waals surface area contributed by atoms with Crippen LogP contribution in [0, 0.1) is 5.82 Å². The molecule has 0 saturated carbocycles. The number of nitrogens with zero attached hydrogens (tertiary/aromatic N) is 2. The summed E-state index contributed by atoms with van der Waals surface area (Å²) in [4.78, 5) is 13.9. The number of piperazine rings is 1. The van der Waals surface area contributed by atoms with E-state index >= 15 is 0 Å². The van der Waals surface area contributed by atoms with Crippen molar-refractivity contribution in [3.8, 4) is 0 Å². The molecule has 0 atom stereocenters. The number of rotatable bonds is 4. The van der Waals surface area contributed by atoms with Crippen molar-refractivity contribution in [3.63, 3.8) is 0 Å². The summed E-state index contributed by atoms with van der Waals surface area (Å²) < 4.78 is 16.1. The molecule has 0 unspecified atom stereocenters. The lowest BCUT2D eigenvalue weighted by molar-refractivity contribution is 0.0686. The van der Waals surface area contributed by atoms with E-state index in [0.717, 1.165) is 42.8 Å². The van der Waals surface area contributed by atoms with E-state index in [1.807, 2.05) is 30.3 Å². The molecule has 134 valence electrons. The van der Waals surface area contributed by atoms with Gasteiger partial charge in [-0.05, 0) is 23.8 Å². The van der Waals surface area contributed by atoms with Crippen molar-refractivity contribution in [2.24, 2.45) is 0 Å². The van der Waals surface area contributed by atoms with Crippen molar-refractivity contribution in [3.05, 3.63) is 65.6 Å². The highest BCUT2D eigenvalue weighted by atomic mass is 19.1. The van der Waals surface area contributed by atoms with Gasteiger partial charge in [0.15, 0.2) is 0 Å². The molecule has 0 amide bonds. The third-order valence-electron chi connectivity index (χ3n) is 4.82. The Bertz CT molecular complexity index is 947. The molecule has 4 rings (SSSR count). The molecule has 2 aromatic carbocycles. The molecule has 1 aromatic heterocycles. The van der Waals surface area contributed by atoms with Crippen LogP contribution in [0.15, 0.2) is 48.5 Å². The fourth-order valence-electron chi connectivity index (χ4n) is 3.59. The van der Waals surface area contributed by atoms with Gasteiger partial charge >= 0.3 is 5.97 Å². The maximum Gasteiger partial charge on any atom is 0.352 e. The Morgan fingerprint density at radius 2 is 1.85 bits per heavy atom. The number of carbonyl (C=O) groups is 1. The molecule has 5 nitrogen and oxygen atoms in total. The van der Waals surface area contributed by atoms with Crippen LogP contribution in [0.5, 0.6) is 0 Å². The molecule has 1 saturated heterocycles. The summed E-state index contributed by atoms with van der Waals surface area (Å²) in [6, 6.07) is 14.2. The third kappa shape index (κ3) is 3.04. The molecular weight excluding hydrogens is 333 g/mol. The maximum absolute atomic E-state index is 14.4. The Kier molecular flexibility index (Phi) is 4.34. The summed E-state index contributed by atoms with van der Waals surface area (Å²) >= 11 is 0. The quantitative estimate of drug-likeness (QED) is 0.757. The number of anilines is 1. The largest absolute Gasteiger partial charge is 0.477 e. The van der Waals surface area contributed by atoms with E-state index in [2.05, 4.69) is 10.2 Å². The van der Waals surface area contributed by atoms with E-state index in [9.17, 15) is 14.3 Å². The van der Waals surface area contributed by atoms with Crippen LogP contribution in [0.1, 0.15) is 16.1 Å². The molecule has 3 aromatic rings. The van der Waals surface area contributed by atoms with Gasteiger partial charge < -0.3 is 19.9 Å². The van der Waals surface area contributed by atoms with Crippen LogP contribution < -0.4 is 10.2 Å². The van der Waals surface area contributed by atoms with Crippen LogP contribution in [-0.4, -0.2) is 41.8 Å². The van der Waals surface area contributed by atoms with Crippen molar-refractivity contribution in [2.45, 2.75) is 6.54 Å². The highest BCUT2D eigenvalue weighted by Gasteiger charge is 2.21. The number of nitrogens with one attached hydrogen (secondary N) is 1. The molecule has 0 radical (unpaired) electrons. The number of aromatic carboxylic acids is 1. The Hall–Kier alpha value is -2.86. The predicted molar refractivity (Wildman–Crippen MR) is 99.5 cm³/mol. The van der Waals surface area contributed by atoms with Gasteiger partial charge in [0.25, 0.3) is 0 Å². The van der Waals surface area contributed by atoms with Crippen LogP contribution in [0.25, 0.3) is 10.9 Å². The molecule has 1 aliphatic rings. The predicted octanol–water partition coefficient (Wildman–Crippen LogP) is 2.94. The second-order valence-electron chi connectivity index (χ2n) is 6.50. The van der Waals surface area contributed by atoms with Gasteiger partial charge in [-0.3, -0.25) is 0 Å². The molecule has 26 heavy (non-hydrogen) atoms. The highest BCUT2D eigenvalue weighted by molar-refractivity contribution is 6.00. The van der Waals surface area contributed by atoms with E-state index in [1.165, 1.54) is 12.1 Å². The summed E-state index contributed by atoms with van der Waals surface area (Å²) in [5.41, 5.74) is 2.52. The zero-order chi connectivity index (χ0) is 18.1. The monoisotopic (exact) mass is 353 g/mol. The zero-order valence-corrected chi connectivity index (χ0v) is 14.3. The SMILES string of the molecule is O=C(O)c1cc2c(N3CCNCC3)cc(F)cc2n1Cc1ccccc1. The second kappa shape index (κ2) is 6.80. The number of carboxylic acid groups (broad SMARTS) is 1. The van der Waals surface area contributed by atoms with Crippen LogP contribution in [0.3, 0.4) is 0 Å². The smallest absolute Gasteiger partial charge is 0.352 e. The summed E-state index contributed by atoms with van der Waals surface area (Å²) in [5.74, 6) is -1.36. The lowest BCUT2D eigenvalue weighted by Crippen LogP contribution is -2.43. The van der Waals surface area contributed by atoms with Gasteiger partial charge in [-0.2, -0.15) is 0 Å². The molecule has 0 aliphatic carbocycles. The first-order chi connectivity index (χ1) is 12.6. The van der Waals surface area contributed by atoms with Gasteiger partial charge in [0.05, 0.1) is 5.52 Å². The normalized spacial score (nSPS) is 14.7. The average molecular weight is 353 g/mol. The van der Waals surface area contributed by atoms with E-state index < -0.39 is 5.97 Å². The van der Waals surface area contributed by atoms with Crippen molar-refractivity contribution in [1.82, 2.24) is 9.88 Å². The molecule has 2 heterocycles. The molecule has 1 aliphatic heterocycles. The van der Waals surface area contributed by atoms with Gasteiger partial charge in [-0.15, -0.1) is 0 Å². The second-order valence-corrected chi connectivity index (χ2v) is 6.50. The summed E-state index contributed by atoms with van der Waals surface area (Å²) in [6.07, 6.45) is 0. The number of hydrogen-bond acceptors (Lipinski definition) is 3. The topological polar surface area (TPSA) is 57.5 Å². The molecule has 2 N–H and O–H groups in total. The standard InChI is InChI=1S/C20H20FN3O2/c21-15-10-17(23-8-6-22-7-9-23)16-12-19(20(25)26)24(18(16)11-15)13-14-4-2-1-3-5-14/h1-5,10-12,22H,6-9,13H2,(H,25,26). The molecule has 0 spiro atoms. The van der Waals surface area contributed by atoms with Crippen molar-refractivity contribution in [1.29, 1.82) is 0 Å². The lowest BCUT2D eigenvalue weighted by Gasteiger charge is -2.30. The van der Waals surface area contributed by atoms with Gasteiger partial charge in [0.1, 0.15) is 11.5 Å². The van der Waals surface area contributed by atoms with Gasteiger partial charge in [-0.25, -0.2) is 9.18 Å². The number of benzene rings is 2. The van der Waals surface area contributed by atoms with Crippen molar-refractivity contribution < 1.29 is 14.3 Å². The fourth-order valence-corrected chi connectivity index (χ4v) is 3.59. The minimum Gasteiger partial charge on any atom is -0.477 e. The third-order valence-corrected chi connectivity index (χ3v) is 4.82. The minimum atomic E-state index is -1.01. The molecule has 0 bridgehead atoms. The zero-order valence-electron chi connectivity index (χ0n) is 14.3.